The van der Waals surface area contributed by atoms with E-state index in [9.17, 15) is 13.2 Å². The Morgan fingerprint density at radius 3 is 2.11 bits per heavy atom. The predicted octanol–water partition coefficient (Wildman–Crippen LogP) is 3.63. The first-order valence-electron chi connectivity index (χ1n) is 9.58. The van der Waals surface area contributed by atoms with Crippen LogP contribution in [0.3, 0.4) is 0 Å². The number of nitrogens with one attached hydrogen (secondary N) is 1. The van der Waals surface area contributed by atoms with Crippen molar-refractivity contribution in [2.45, 2.75) is 51.3 Å². The van der Waals surface area contributed by atoms with Crippen LogP contribution in [0.4, 0.5) is 5.69 Å². The van der Waals surface area contributed by atoms with Crippen LogP contribution in [0.25, 0.3) is 0 Å². The van der Waals surface area contributed by atoms with Gasteiger partial charge in [0.25, 0.3) is 5.91 Å². The molecule has 0 spiro atoms. The molecular formula is C20H28N4O3S. The number of carbonyl (C=O) groups is 1. The average molecular weight is 405 g/mol. The van der Waals surface area contributed by atoms with E-state index >= 15 is 0 Å². The highest BCUT2D eigenvalue weighted by Crippen LogP contribution is 2.20. The molecule has 0 saturated heterocycles. The van der Waals surface area contributed by atoms with Crippen LogP contribution in [-0.4, -0.2) is 41.7 Å². The van der Waals surface area contributed by atoms with E-state index in [1.54, 1.807) is 23.4 Å². The van der Waals surface area contributed by atoms with Gasteiger partial charge >= 0.3 is 0 Å². The van der Waals surface area contributed by atoms with E-state index < -0.39 is 15.9 Å². The van der Waals surface area contributed by atoms with E-state index in [1.165, 1.54) is 24.5 Å². The van der Waals surface area contributed by atoms with Gasteiger partial charge in [0.1, 0.15) is 5.69 Å². The summed E-state index contributed by atoms with van der Waals surface area (Å²) >= 11 is 0. The lowest BCUT2D eigenvalue weighted by Crippen LogP contribution is -2.33. The lowest BCUT2D eigenvalue weighted by molar-refractivity contribution is 0.102. The molecule has 2 rings (SSSR count). The van der Waals surface area contributed by atoms with Crippen molar-refractivity contribution in [2.75, 3.05) is 18.4 Å². The fourth-order valence-electron chi connectivity index (χ4n) is 2.59. The van der Waals surface area contributed by atoms with Crippen molar-refractivity contribution in [1.82, 2.24) is 14.3 Å². The zero-order valence-corrected chi connectivity index (χ0v) is 17.5. The molecule has 1 aromatic carbocycles. The van der Waals surface area contributed by atoms with Crippen molar-refractivity contribution < 1.29 is 13.2 Å². The minimum atomic E-state index is -3.55. The van der Waals surface area contributed by atoms with Gasteiger partial charge < -0.3 is 5.32 Å². The molecule has 0 saturated carbocycles. The second-order valence-corrected chi connectivity index (χ2v) is 8.57. The molecule has 0 radical (unpaired) electrons. The number of nitrogens with zero attached hydrogens (tertiary/aromatic N) is 3. The van der Waals surface area contributed by atoms with Crippen LogP contribution in [-0.2, 0) is 10.0 Å². The molecule has 0 bridgehead atoms. The summed E-state index contributed by atoms with van der Waals surface area (Å²) in [6.45, 7) is 6.91. The number of aromatic nitrogens is 2. The zero-order chi connectivity index (χ0) is 20.6. The van der Waals surface area contributed by atoms with Gasteiger partial charge in [0.15, 0.2) is 0 Å². The van der Waals surface area contributed by atoms with Gasteiger partial charge in [0.05, 0.1) is 16.8 Å². The molecule has 2 aromatic rings. The largest absolute Gasteiger partial charge is 0.321 e. The highest BCUT2D eigenvalue weighted by molar-refractivity contribution is 7.89. The molecular weight excluding hydrogens is 376 g/mol. The number of benzene rings is 1. The second kappa shape index (κ2) is 10.3. The Morgan fingerprint density at radius 2 is 1.61 bits per heavy atom. The third-order valence-corrected chi connectivity index (χ3v) is 6.20. The Morgan fingerprint density at radius 1 is 1.00 bits per heavy atom. The Labute approximate surface area is 167 Å². The lowest BCUT2D eigenvalue weighted by atomic mass is 10.3. The van der Waals surface area contributed by atoms with Crippen LogP contribution in [0.5, 0.6) is 0 Å². The highest BCUT2D eigenvalue weighted by atomic mass is 32.2. The summed E-state index contributed by atoms with van der Waals surface area (Å²) in [6, 6.07) is 6.22. The SMILES string of the molecule is CCCCN(CCCC)S(=O)(=O)c1ccc(NC(=O)c2cnc(C)cn2)cc1. The van der Waals surface area contributed by atoms with Gasteiger partial charge in [0.2, 0.25) is 10.0 Å². The molecule has 0 fully saturated rings. The third-order valence-electron chi connectivity index (χ3n) is 4.29. The van der Waals surface area contributed by atoms with Crippen LogP contribution in [0, 0.1) is 6.92 Å². The lowest BCUT2D eigenvalue weighted by Gasteiger charge is -2.22. The first kappa shape index (κ1) is 22.0. The number of hydrogen-bond acceptors (Lipinski definition) is 5. The van der Waals surface area contributed by atoms with Crippen molar-refractivity contribution >= 4 is 21.6 Å². The van der Waals surface area contributed by atoms with Crippen LogP contribution in [0.2, 0.25) is 0 Å². The van der Waals surface area contributed by atoms with E-state index in [-0.39, 0.29) is 10.6 Å². The number of carbonyl (C=O) groups excluding carboxylic acids is 1. The Hall–Kier alpha value is -2.32. The van der Waals surface area contributed by atoms with E-state index in [0.29, 0.717) is 18.8 Å². The van der Waals surface area contributed by atoms with Crippen LogP contribution in [0.15, 0.2) is 41.6 Å². The number of rotatable bonds is 10. The number of unbranched alkanes of at least 4 members (excludes halogenated alkanes) is 2. The summed E-state index contributed by atoms with van der Waals surface area (Å²) in [4.78, 5) is 20.5. The topological polar surface area (TPSA) is 92.3 Å². The Kier molecular flexibility index (Phi) is 8.07. The average Bonchev–Trinajstić information content (AvgIpc) is 2.68. The number of sulfonamides is 1. The second-order valence-electron chi connectivity index (χ2n) is 6.63. The smallest absolute Gasteiger partial charge is 0.275 e. The van der Waals surface area contributed by atoms with Gasteiger partial charge in [-0.1, -0.05) is 26.7 Å². The summed E-state index contributed by atoms with van der Waals surface area (Å²) in [7, 11) is -3.55. The monoisotopic (exact) mass is 404 g/mol. The molecule has 0 unspecified atom stereocenters. The van der Waals surface area contributed by atoms with Gasteiger partial charge in [-0.2, -0.15) is 4.31 Å². The maximum atomic E-state index is 13.0. The van der Waals surface area contributed by atoms with Crippen molar-refractivity contribution in [3.05, 3.63) is 48.0 Å². The third kappa shape index (κ3) is 5.84. The molecule has 7 nitrogen and oxygen atoms in total. The van der Waals surface area contributed by atoms with Gasteiger partial charge in [-0.3, -0.25) is 9.78 Å². The fourth-order valence-corrected chi connectivity index (χ4v) is 4.10. The molecule has 0 aliphatic carbocycles. The standard InChI is InChI=1S/C20H28N4O3S/c1-4-6-12-24(13-7-5-2)28(26,27)18-10-8-17(9-11-18)23-20(25)19-15-21-16(3)14-22-19/h8-11,14-15H,4-7,12-13H2,1-3H3,(H,23,25). The van der Waals surface area contributed by atoms with Gasteiger partial charge in [0, 0.05) is 25.0 Å². The minimum absolute atomic E-state index is 0.201. The molecule has 1 aromatic heterocycles. The van der Waals surface area contributed by atoms with E-state index in [0.717, 1.165) is 31.4 Å². The number of amides is 1. The molecule has 1 N–H and O–H groups in total. The summed E-state index contributed by atoms with van der Waals surface area (Å²) in [5.74, 6) is -0.393. The number of hydrogen-bond donors (Lipinski definition) is 1. The van der Waals surface area contributed by atoms with E-state index in [4.69, 9.17) is 0 Å². The molecule has 0 aliphatic heterocycles. The molecule has 152 valence electrons. The number of anilines is 1. The quantitative estimate of drug-likeness (QED) is 0.653. The fraction of sp³-hybridized carbons (Fsp3) is 0.450. The van der Waals surface area contributed by atoms with Crippen molar-refractivity contribution in [2.24, 2.45) is 0 Å². The van der Waals surface area contributed by atoms with Crippen LogP contribution in [0.1, 0.15) is 55.7 Å². The molecule has 0 atom stereocenters. The van der Waals surface area contributed by atoms with Gasteiger partial charge in [-0.15, -0.1) is 0 Å². The predicted molar refractivity (Wildman–Crippen MR) is 110 cm³/mol. The Balaban J connectivity index is 2.12. The number of aryl methyl sites for hydroxylation is 1. The molecule has 0 aliphatic rings. The summed E-state index contributed by atoms with van der Waals surface area (Å²) in [5.41, 5.74) is 1.43. The van der Waals surface area contributed by atoms with Crippen molar-refractivity contribution in [3.8, 4) is 0 Å². The highest BCUT2D eigenvalue weighted by Gasteiger charge is 2.23. The van der Waals surface area contributed by atoms with Gasteiger partial charge in [-0.25, -0.2) is 13.4 Å². The molecule has 1 amide bonds. The van der Waals surface area contributed by atoms with E-state index in [1.807, 2.05) is 13.8 Å². The molecule has 1 heterocycles. The summed E-state index contributed by atoms with van der Waals surface area (Å²) in [5, 5.41) is 2.70. The maximum Gasteiger partial charge on any atom is 0.275 e. The van der Waals surface area contributed by atoms with Crippen LogP contribution < -0.4 is 5.32 Å². The first-order chi connectivity index (χ1) is 13.4. The van der Waals surface area contributed by atoms with Crippen molar-refractivity contribution in [1.29, 1.82) is 0 Å². The Bertz CT molecular complexity index is 857. The first-order valence-corrected chi connectivity index (χ1v) is 11.0. The zero-order valence-electron chi connectivity index (χ0n) is 16.7. The van der Waals surface area contributed by atoms with Crippen LogP contribution >= 0.6 is 0 Å². The minimum Gasteiger partial charge on any atom is -0.321 e. The molecule has 28 heavy (non-hydrogen) atoms. The molecule has 8 heteroatoms. The van der Waals surface area contributed by atoms with Crippen molar-refractivity contribution in [3.63, 3.8) is 0 Å². The maximum absolute atomic E-state index is 13.0. The summed E-state index contributed by atoms with van der Waals surface area (Å²) < 4.78 is 27.5. The van der Waals surface area contributed by atoms with Gasteiger partial charge in [-0.05, 0) is 44.0 Å². The summed E-state index contributed by atoms with van der Waals surface area (Å²) in [6.07, 6.45) is 6.45. The van der Waals surface area contributed by atoms with E-state index in [2.05, 4.69) is 15.3 Å². The normalized spacial score (nSPS) is 11.6.